The number of carboxylic acid groups (broad SMARTS) is 1. The molecule has 18 heavy (non-hydrogen) atoms. The van der Waals surface area contributed by atoms with E-state index in [1.807, 2.05) is 22.6 Å². The van der Waals surface area contributed by atoms with Gasteiger partial charge in [0.15, 0.2) is 5.69 Å². The predicted molar refractivity (Wildman–Crippen MR) is 74.0 cm³/mol. The van der Waals surface area contributed by atoms with Gasteiger partial charge in [0.1, 0.15) is 0 Å². The van der Waals surface area contributed by atoms with Crippen molar-refractivity contribution in [3.8, 4) is 0 Å². The van der Waals surface area contributed by atoms with E-state index in [4.69, 9.17) is 5.11 Å². The molecule has 2 N–H and O–H groups in total. The van der Waals surface area contributed by atoms with Gasteiger partial charge in [-0.2, -0.15) is 8.75 Å². The fourth-order valence-electron chi connectivity index (χ4n) is 1.25. The molecule has 6 nitrogen and oxygen atoms in total. The smallest absolute Gasteiger partial charge is 0.337 e. The molecule has 0 saturated carbocycles. The van der Waals surface area contributed by atoms with Gasteiger partial charge in [-0.1, -0.05) is 0 Å². The molecule has 0 aliphatic heterocycles. The Morgan fingerprint density at radius 1 is 1.39 bits per heavy atom. The molecule has 1 aromatic heterocycles. The molecule has 1 aromatic carbocycles. The lowest BCUT2D eigenvalue weighted by molar-refractivity contribution is 0.0698. The Balaban J connectivity index is 2.29. The molecule has 2 rings (SSSR count). The molecule has 0 radical (unpaired) electrons. The number of benzene rings is 1. The first-order valence-electron chi connectivity index (χ1n) is 4.69. The molecule has 1 amide bonds. The Morgan fingerprint density at radius 2 is 2.17 bits per heavy atom. The van der Waals surface area contributed by atoms with Gasteiger partial charge in [0.05, 0.1) is 29.2 Å². The Morgan fingerprint density at radius 3 is 2.78 bits per heavy atom. The highest BCUT2D eigenvalue weighted by Gasteiger charge is 2.15. The van der Waals surface area contributed by atoms with Crippen LogP contribution in [0.2, 0.25) is 0 Å². The minimum atomic E-state index is -1.10. The molecule has 0 aliphatic rings. The largest absolute Gasteiger partial charge is 0.478 e. The summed E-state index contributed by atoms with van der Waals surface area (Å²) in [5.74, 6) is -1.58. The number of hydrogen-bond donors (Lipinski definition) is 2. The van der Waals surface area contributed by atoms with Crippen LogP contribution in [-0.4, -0.2) is 25.7 Å². The van der Waals surface area contributed by atoms with E-state index in [2.05, 4.69) is 14.1 Å². The average molecular weight is 375 g/mol. The number of halogens is 1. The van der Waals surface area contributed by atoms with Crippen molar-refractivity contribution in [3.05, 3.63) is 39.2 Å². The Labute approximate surface area is 120 Å². The van der Waals surface area contributed by atoms with Gasteiger partial charge in [-0.25, -0.2) is 4.79 Å². The summed E-state index contributed by atoms with van der Waals surface area (Å²) in [5, 5.41) is 11.6. The first-order chi connectivity index (χ1) is 8.58. The molecular weight excluding hydrogens is 369 g/mol. The molecule has 0 fully saturated rings. The zero-order chi connectivity index (χ0) is 13.1. The molecule has 0 bridgehead atoms. The maximum atomic E-state index is 11.7. The standard InChI is InChI=1S/C10H6IN3O3S/c11-5-1-2-7(6(3-5)10(16)17)13-9(15)8-4-12-18-14-8/h1-4H,(H,13,15)(H,16,17). The fraction of sp³-hybridized carbons (Fsp3) is 0. The van der Waals surface area contributed by atoms with E-state index in [-0.39, 0.29) is 16.9 Å². The van der Waals surface area contributed by atoms with Crippen molar-refractivity contribution in [2.24, 2.45) is 0 Å². The molecule has 8 heteroatoms. The third-order valence-electron chi connectivity index (χ3n) is 2.05. The summed E-state index contributed by atoms with van der Waals surface area (Å²) in [6.45, 7) is 0. The van der Waals surface area contributed by atoms with E-state index < -0.39 is 11.9 Å². The van der Waals surface area contributed by atoms with Crippen LogP contribution >= 0.6 is 34.3 Å². The van der Waals surface area contributed by atoms with E-state index in [9.17, 15) is 9.59 Å². The van der Waals surface area contributed by atoms with Gasteiger partial charge in [0.25, 0.3) is 5.91 Å². The van der Waals surface area contributed by atoms with Crippen molar-refractivity contribution in [2.45, 2.75) is 0 Å². The van der Waals surface area contributed by atoms with Gasteiger partial charge in [0, 0.05) is 3.57 Å². The van der Waals surface area contributed by atoms with Crippen LogP contribution < -0.4 is 5.32 Å². The normalized spacial score (nSPS) is 10.1. The van der Waals surface area contributed by atoms with E-state index in [1.54, 1.807) is 12.1 Å². The first-order valence-corrected chi connectivity index (χ1v) is 6.50. The van der Waals surface area contributed by atoms with E-state index in [1.165, 1.54) is 12.3 Å². The number of aromatic carboxylic acids is 1. The van der Waals surface area contributed by atoms with Crippen LogP contribution in [0.4, 0.5) is 5.69 Å². The predicted octanol–water partition coefficient (Wildman–Crippen LogP) is 2.09. The Kier molecular flexibility index (Phi) is 3.87. The number of carbonyl (C=O) groups excluding carboxylic acids is 1. The van der Waals surface area contributed by atoms with E-state index in [0.29, 0.717) is 0 Å². The van der Waals surface area contributed by atoms with Crippen molar-refractivity contribution in [3.63, 3.8) is 0 Å². The van der Waals surface area contributed by atoms with Gasteiger partial charge in [-0.05, 0) is 40.8 Å². The van der Waals surface area contributed by atoms with Crippen LogP contribution in [0, 0.1) is 3.57 Å². The number of rotatable bonds is 3. The van der Waals surface area contributed by atoms with Crippen LogP contribution in [-0.2, 0) is 0 Å². The number of aromatic nitrogens is 2. The maximum Gasteiger partial charge on any atom is 0.337 e. The SMILES string of the molecule is O=C(Nc1ccc(I)cc1C(=O)O)c1cnsn1. The molecule has 0 unspecified atom stereocenters. The van der Waals surface area contributed by atoms with E-state index >= 15 is 0 Å². The summed E-state index contributed by atoms with van der Waals surface area (Å²) in [4.78, 5) is 22.8. The lowest BCUT2D eigenvalue weighted by Crippen LogP contribution is -2.15. The number of nitrogens with zero attached hydrogens (tertiary/aromatic N) is 2. The molecule has 1 heterocycles. The zero-order valence-corrected chi connectivity index (χ0v) is 11.7. The summed E-state index contributed by atoms with van der Waals surface area (Å²) in [6, 6.07) is 4.74. The van der Waals surface area contributed by atoms with Crippen molar-refractivity contribution in [1.82, 2.24) is 8.75 Å². The molecule has 0 spiro atoms. The van der Waals surface area contributed by atoms with Gasteiger partial charge in [-0.15, -0.1) is 0 Å². The van der Waals surface area contributed by atoms with Gasteiger partial charge in [0.2, 0.25) is 0 Å². The number of carbonyl (C=O) groups is 2. The van der Waals surface area contributed by atoms with Crippen molar-refractivity contribution >= 4 is 51.9 Å². The van der Waals surface area contributed by atoms with Gasteiger partial charge < -0.3 is 10.4 Å². The third kappa shape index (κ3) is 2.82. The van der Waals surface area contributed by atoms with Crippen LogP contribution in [0.1, 0.15) is 20.8 Å². The van der Waals surface area contributed by atoms with Crippen molar-refractivity contribution in [2.75, 3.05) is 5.32 Å². The topological polar surface area (TPSA) is 92.2 Å². The number of nitrogens with one attached hydrogen (secondary N) is 1. The second kappa shape index (κ2) is 5.40. The molecule has 0 saturated heterocycles. The van der Waals surface area contributed by atoms with Crippen LogP contribution in [0.15, 0.2) is 24.4 Å². The zero-order valence-electron chi connectivity index (χ0n) is 8.75. The number of carboxylic acids is 1. The first kappa shape index (κ1) is 12.9. The summed E-state index contributed by atoms with van der Waals surface area (Å²) in [6.07, 6.45) is 1.33. The van der Waals surface area contributed by atoms with Crippen molar-refractivity contribution in [1.29, 1.82) is 0 Å². The number of anilines is 1. The second-order valence-corrected chi connectivity index (χ2v) is 5.04. The van der Waals surface area contributed by atoms with Crippen LogP contribution in [0.3, 0.4) is 0 Å². The third-order valence-corrected chi connectivity index (χ3v) is 3.20. The Hall–Kier alpha value is -1.55. The number of amides is 1. The van der Waals surface area contributed by atoms with Gasteiger partial charge in [-0.3, -0.25) is 4.79 Å². The molecule has 0 aliphatic carbocycles. The van der Waals surface area contributed by atoms with Crippen LogP contribution in [0.25, 0.3) is 0 Å². The summed E-state index contributed by atoms with van der Waals surface area (Å²) in [7, 11) is 0. The quantitative estimate of drug-likeness (QED) is 0.802. The van der Waals surface area contributed by atoms with Gasteiger partial charge >= 0.3 is 5.97 Å². The molecule has 0 atom stereocenters. The highest BCUT2D eigenvalue weighted by atomic mass is 127. The van der Waals surface area contributed by atoms with Crippen molar-refractivity contribution < 1.29 is 14.7 Å². The van der Waals surface area contributed by atoms with Crippen LogP contribution in [0.5, 0.6) is 0 Å². The monoisotopic (exact) mass is 375 g/mol. The average Bonchev–Trinajstić information content (AvgIpc) is 2.84. The maximum absolute atomic E-state index is 11.7. The molecular formula is C10H6IN3O3S. The summed E-state index contributed by atoms with van der Waals surface area (Å²) < 4.78 is 8.26. The Bertz CT molecular complexity index is 600. The number of hydrogen-bond acceptors (Lipinski definition) is 5. The summed E-state index contributed by atoms with van der Waals surface area (Å²) in [5.41, 5.74) is 0.439. The second-order valence-electron chi connectivity index (χ2n) is 3.24. The minimum Gasteiger partial charge on any atom is -0.478 e. The molecule has 92 valence electrons. The van der Waals surface area contributed by atoms with E-state index in [0.717, 1.165) is 15.3 Å². The lowest BCUT2D eigenvalue weighted by Gasteiger charge is -2.07. The molecule has 2 aromatic rings. The highest BCUT2D eigenvalue weighted by Crippen LogP contribution is 2.19. The highest BCUT2D eigenvalue weighted by molar-refractivity contribution is 14.1. The minimum absolute atomic E-state index is 0.0402. The lowest BCUT2D eigenvalue weighted by atomic mass is 10.2. The summed E-state index contributed by atoms with van der Waals surface area (Å²) >= 11 is 2.92. The fourth-order valence-corrected chi connectivity index (χ4v) is 2.16.